The number of hydrogen-bond acceptors (Lipinski definition) is 7. The minimum Gasteiger partial charge on any atom is -0.494 e. The molecule has 0 radical (unpaired) electrons. The molecular formula is C29H32N4O6. The number of carbonyl (C=O) groups excluding carboxylic acids is 3. The van der Waals surface area contributed by atoms with E-state index in [0.29, 0.717) is 48.1 Å². The van der Waals surface area contributed by atoms with Crippen molar-refractivity contribution in [2.45, 2.75) is 27.2 Å². The summed E-state index contributed by atoms with van der Waals surface area (Å²) in [4.78, 5) is 36.7. The van der Waals surface area contributed by atoms with Gasteiger partial charge in [-0.05, 0) is 79.9 Å². The summed E-state index contributed by atoms with van der Waals surface area (Å²) in [6.45, 7) is 6.38. The van der Waals surface area contributed by atoms with Crippen molar-refractivity contribution in [3.63, 3.8) is 0 Å². The van der Waals surface area contributed by atoms with Gasteiger partial charge in [0.2, 0.25) is 0 Å². The van der Waals surface area contributed by atoms with E-state index >= 15 is 0 Å². The number of nitrogens with zero attached hydrogens (tertiary/aromatic N) is 1. The Morgan fingerprint density at radius 1 is 0.795 bits per heavy atom. The van der Waals surface area contributed by atoms with E-state index in [0.717, 1.165) is 11.3 Å². The van der Waals surface area contributed by atoms with Gasteiger partial charge in [-0.15, -0.1) is 0 Å². The lowest BCUT2D eigenvalue weighted by molar-refractivity contribution is -0.136. The van der Waals surface area contributed by atoms with E-state index in [1.807, 2.05) is 32.9 Å². The summed E-state index contributed by atoms with van der Waals surface area (Å²) in [6, 6.07) is 19.2. The summed E-state index contributed by atoms with van der Waals surface area (Å²) < 4.78 is 16.7. The summed E-state index contributed by atoms with van der Waals surface area (Å²) in [6.07, 6.45) is 2.08. The van der Waals surface area contributed by atoms with Crippen molar-refractivity contribution in [3.8, 4) is 17.2 Å². The van der Waals surface area contributed by atoms with Crippen molar-refractivity contribution in [3.05, 3.63) is 77.9 Å². The van der Waals surface area contributed by atoms with Gasteiger partial charge < -0.3 is 24.8 Å². The number of anilines is 2. The molecule has 0 bridgehead atoms. The first kappa shape index (κ1) is 28.7. The molecule has 3 aromatic carbocycles. The highest BCUT2D eigenvalue weighted by Gasteiger charge is 2.14. The molecule has 3 N–H and O–H groups in total. The zero-order valence-electron chi connectivity index (χ0n) is 22.2. The van der Waals surface area contributed by atoms with Crippen LogP contribution in [0.2, 0.25) is 0 Å². The van der Waals surface area contributed by atoms with Crippen LogP contribution in [-0.2, 0) is 20.8 Å². The number of ether oxygens (including phenoxy) is 3. The fourth-order valence-electron chi connectivity index (χ4n) is 3.48. The first-order valence-electron chi connectivity index (χ1n) is 12.6. The molecule has 3 amide bonds. The minimum absolute atomic E-state index is 0.229. The van der Waals surface area contributed by atoms with Gasteiger partial charge >= 0.3 is 11.8 Å². The first-order chi connectivity index (χ1) is 18.9. The van der Waals surface area contributed by atoms with Crippen molar-refractivity contribution in [1.29, 1.82) is 0 Å². The van der Waals surface area contributed by atoms with Gasteiger partial charge in [-0.25, -0.2) is 5.43 Å². The van der Waals surface area contributed by atoms with Gasteiger partial charge in [-0.2, -0.15) is 5.10 Å². The van der Waals surface area contributed by atoms with Crippen LogP contribution in [0.25, 0.3) is 0 Å². The molecule has 0 heterocycles. The highest BCUT2D eigenvalue weighted by atomic mass is 16.5. The van der Waals surface area contributed by atoms with Gasteiger partial charge in [0.1, 0.15) is 5.75 Å². The van der Waals surface area contributed by atoms with Crippen molar-refractivity contribution >= 4 is 35.3 Å². The molecule has 0 atom stereocenters. The molecule has 0 fully saturated rings. The van der Waals surface area contributed by atoms with Gasteiger partial charge in [-0.3, -0.25) is 14.4 Å². The maximum absolute atomic E-state index is 12.3. The predicted octanol–water partition coefficient (Wildman–Crippen LogP) is 4.15. The summed E-state index contributed by atoms with van der Waals surface area (Å²) in [5.74, 6) is -0.576. The predicted molar refractivity (Wildman–Crippen MR) is 150 cm³/mol. The molecule has 0 aliphatic rings. The van der Waals surface area contributed by atoms with E-state index < -0.39 is 11.8 Å². The Hall–Kier alpha value is -4.86. The topological polar surface area (TPSA) is 127 Å². The Bertz CT molecular complexity index is 1310. The van der Waals surface area contributed by atoms with Crippen LogP contribution in [0.1, 0.15) is 31.9 Å². The van der Waals surface area contributed by atoms with Gasteiger partial charge in [-0.1, -0.05) is 25.1 Å². The zero-order valence-corrected chi connectivity index (χ0v) is 22.2. The summed E-state index contributed by atoms with van der Waals surface area (Å²) in [7, 11) is 0. The second kappa shape index (κ2) is 14.8. The highest BCUT2D eigenvalue weighted by Crippen LogP contribution is 2.28. The third kappa shape index (κ3) is 8.89. The molecule has 0 aliphatic carbocycles. The molecule has 0 saturated carbocycles. The van der Waals surface area contributed by atoms with E-state index in [1.54, 1.807) is 54.6 Å². The van der Waals surface area contributed by atoms with Gasteiger partial charge in [0.05, 0.1) is 19.4 Å². The Kier molecular flexibility index (Phi) is 10.9. The van der Waals surface area contributed by atoms with Gasteiger partial charge in [0.25, 0.3) is 5.91 Å². The van der Waals surface area contributed by atoms with Crippen molar-refractivity contribution in [1.82, 2.24) is 5.43 Å². The Balaban J connectivity index is 1.54. The zero-order chi connectivity index (χ0) is 28.0. The Labute approximate surface area is 227 Å². The van der Waals surface area contributed by atoms with Crippen LogP contribution in [0.3, 0.4) is 0 Å². The first-order valence-corrected chi connectivity index (χ1v) is 12.6. The van der Waals surface area contributed by atoms with E-state index in [4.69, 9.17) is 14.2 Å². The quantitative estimate of drug-likeness (QED) is 0.183. The van der Waals surface area contributed by atoms with Gasteiger partial charge in [0.15, 0.2) is 18.1 Å². The SMILES string of the molecule is CCOc1ccc(NC(=O)COc2ccc(/C=N\NC(=O)C(=O)Nc3ccccc3CC)cc2OCC)cc1. The number of hydrazone groups is 1. The number of hydrogen-bond donors (Lipinski definition) is 3. The van der Waals surface area contributed by atoms with Crippen LogP contribution in [0.15, 0.2) is 71.8 Å². The molecule has 3 aromatic rings. The number of para-hydroxylation sites is 1. The van der Waals surface area contributed by atoms with Gasteiger partial charge in [0, 0.05) is 11.4 Å². The summed E-state index contributed by atoms with van der Waals surface area (Å²) >= 11 is 0. The molecule has 10 heteroatoms. The van der Waals surface area contributed by atoms with E-state index in [9.17, 15) is 14.4 Å². The fourth-order valence-corrected chi connectivity index (χ4v) is 3.48. The average Bonchev–Trinajstić information content (AvgIpc) is 2.94. The van der Waals surface area contributed by atoms with Crippen molar-refractivity contribution in [2.75, 3.05) is 30.5 Å². The molecular weight excluding hydrogens is 500 g/mol. The van der Waals surface area contributed by atoms with Crippen LogP contribution >= 0.6 is 0 Å². The smallest absolute Gasteiger partial charge is 0.329 e. The second-order valence-electron chi connectivity index (χ2n) is 8.10. The second-order valence-corrected chi connectivity index (χ2v) is 8.10. The molecule has 0 unspecified atom stereocenters. The normalized spacial score (nSPS) is 10.5. The summed E-state index contributed by atoms with van der Waals surface area (Å²) in [5, 5.41) is 9.21. The lowest BCUT2D eigenvalue weighted by Gasteiger charge is -2.13. The van der Waals surface area contributed by atoms with Crippen LogP contribution in [0, 0.1) is 0 Å². The maximum Gasteiger partial charge on any atom is 0.329 e. The molecule has 3 rings (SSSR count). The number of benzene rings is 3. The van der Waals surface area contributed by atoms with Crippen LogP contribution in [0.4, 0.5) is 11.4 Å². The standard InChI is InChI=1S/C29H32N4O6/c1-4-21-9-7-8-10-24(21)32-28(35)29(36)33-30-18-20-11-16-25(26(17-20)38-6-3)39-19-27(34)31-22-12-14-23(15-13-22)37-5-2/h7-18H,4-6,19H2,1-3H3,(H,31,34)(H,32,35)(H,33,36)/b30-18-. The molecule has 10 nitrogen and oxygen atoms in total. The summed E-state index contributed by atoms with van der Waals surface area (Å²) in [5.41, 5.74) is 4.91. The number of rotatable bonds is 12. The Morgan fingerprint density at radius 2 is 1.54 bits per heavy atom. The van der Waals surface area contributed by atoms with E-state index in [2.05, 4.69) is 21.2 Å². The minimum atomic E-state index is -0.902. The fraction of sp³-hybridized carbons (Fsp3) is 0.241. The monoisotopic (exact) mass is 532 g/mol. The lowest BCUT2D eigenvalue weighted by atomic mass is 10.1. The molecule has 0 aliphatic heterocycles. The molecule has 204 valence electrons. The third-order valence-electron chi connectivity index (χ3n) is 5.31. The van der Waals surface area contributed by atoms with E-state index in [1.165, 1.54) is 6.21 Å². The maximum atomic E-state index is 12.3. The number of aryl methyl sites for hydroxylation is 1. The average molecular weight is 533 g/mol. The third-order valence-corrected chi connectivity index (χ3v) is 5.31. The Morgan fingerprint density at radius 3 is 2.26 bits per heavy atom. The largest absolute Gasteiger partial charge is 0.494 e. The van der Waals surface area contributed by atoms with Crippen LogP contribution in [0.5, 0.6) is 17.2 Å². The molecule has 0 saturated heterocycles. The molecule has 39 heavy (non-hydrogen) atoms. The van der Waals surface area contributed by atoms with Crippen LogP contribution in [-0.4, -0.2) is 43.8 Å². The number of carbonyl (C=O) groups is 3. The molecule has 0 spiro atoms. The van der Waals surface area contributed by atoms with Crippen molar-refractivity contribution in [2.24, 2.45) is 5.10 Å². The highest BCUT2D eigenvalue weighted by molar-refractivity contribution is 6.39. The lowest BCUT2D eigenvalue weighted by Crippen LogP contribution is -2.32. The number of nitrogens with one attached hydrogen (secondary N) is 3. The number of amides is 3. The van der Waals surface area contributed by atoms with E-state index in [-0.39, 0.29) is 12.5 Å². The molecule has 0 aromatic heterocycles. The van der Waals surface area contributed by atoms with Crippen LogP contribution < -0.4 is 30.3 Å². The van der Waals surface area contributed by atoms with Crippen molar-refractivity contribution < 1.29 is 28.6 Å².